The molecule has 5 heteroatoms. The summed E-state index contributed by atoms with van der Waals surface area (Å²) < 4.78 is 5.54. The predicted molar refractivity (Wildman–Crippen MR) is 81.7 cm³/mol. The summed E-state index contributed by atoms with van der Waals surface area (Å²) in [5.41, 5.74) is 5.15. The van der Waals surface area contributed by atoms with E-state index in [1.807, 2.05) is 25.7 Å². The zero-order valence-corrected chi connectivity index (χ0v) is 13.7. The van der Waals surface area contributed by atoms with Crippen LogP contribution in [-0.4, -0.2) is 59.8 Å². The van der Waals surface area contributed by atoms with Crippen molar-refractivity contribution in [2.75, 3.05) is 26.2 Å². The van der Waals surface area contributed by atoms with Crippen LogP contribution in [0.5, 0.6) is 0 Å². The molecule has 0 saturated carbocycles. The molecule has 0 aromatic carbocycles. The van der Waals surface area contributed by atoms with Gasteiger partial charge in [0.1, 0.15) is 5.60 Å². The van der Waals surface area contributed by atoms with E-state index in [2.05, 4.69) is 18.7 Å². The van der Waals surface area contributed by atoms with Gasteiger partial charge in [0.25, 0.3) is 0 Å². The number of hydrogen-bond acceptors (Lipinski definition) is 4. The Morgan fingerprint density at radius 2 is 1.90 bits per heavy atom. The third kappa shape index (κ3) is 5.29. The lowest BCUT2D eigenvalue weighted by Crippen LogP contribution is -2.52. The van der Waals surface area contributed by atoms with E-state index in [4.69, 9.17) is 10.5 Å². The first-order valence-electron chi connectivity index (χ1n) is 7.68. The van der Waals surface area contributed by atoms with Gasteiger partial charge in [-0.05, 0) is 47.5 Å². The number of amides is 1. The molecule has 1 fully saturated rings. The summed E-state index contributed by atoms with van der Waals surface area (Å²) in [6.07, 6.45) is 1.80. The summed E-state index contributed by atoms with van der Waals surface area (Å²) in [4.78, 5) is 16.6. The molecular weight excluding hydrogens is 254 g/mol. The quantitative estimate of drug-likeness (QED) is 0.859. The average Bonchev–Trinajstić information content (AvgIpc) is 2.29. The van der Waals surface area contributed by atoms with E-state index in [1.165, 1.54) is 0 Å². The topological polar surface area (TPSA) is 58.8 Å². The van der Waals surface area contributed by atoms with Crippen molar-refractivity contribution in [3.63, 3.8) is 0 Å². The number of nitrogens with zero attached hydrogens (tertiary/aromatic N) is 2. The summed E-state index contributed by atoms with van der Waals surface area (Å²) in [6.45, 7) is 13.5. The van der Waals surface area contributed by atoms with Crippen LogP contribution in [-0.2, 0) is 4.74 Å². The van der Waals surface area contributed by atoms with E-state index < -0.39 is 5.60 Å². The second kappa shape index (κ2) is 7.27. The molecule has 0 radical (unpaired) electrons. The van der Waals surface area contributed by atoms with Crippen molar-refractivity contribution in [3.8, 4) is 0 Å². The maximum Gasteiger partial charge on any atom is 0.410 e. The third-order valence-electron chi connectivity index (χ3n) is 3.56. The number of rotatable bonds is 4. The van der Waals surface area contributed by atoms with Gasteiger partial charge in [0.05, 0.1) is 0 Å². The molecule has 1 heterocycles. The fourth-order valence-electron chi connectivity index (χ4n) is 2.70. The largest absolute Gasteiger partial charge is 0.444 e. The monoisotopic (exact) mass is 285 g/mol. The van der Waals surface area contributed by atoms with E-state index in [1.54, 1.807) is 0 Å². The lowest BCUT2D eigenvalue weighted by Gasteiger charge is -2.40. The Bertz CT molecular complexity index is 305. The molecule has 1 amide bonds. The van der Waals surface area contributed by atoms with Gasteiger partial charge >= 0.3 is 6.09 Å². The van der Waals surface area contributed by atoms with Gasteiger partial charge in [-0.2, -0.15) is 0 Å². The number of hydrogen-bond donors (Lipinski definition) is 1. The first-order chi connectivity index (χ1) is 9.24. The highest BCUT2D eigenvalue weighted by atomic mass is 16.6. The molecule has 0 spiro atoms. The number of carbonyl (C=O) groups is 1. The Kier molecular flexibility index (Phi) is 6.27. The van der Waals surface area contributed by atoms with Crippen molar-refractivity contribution in [3.05, 3.63) is 0 Å². The first-order valence-corrected chi connectivity index (χ1v) is 7.68. The minimum atomic E-state index is -0.440. The van der Waals surface area contributed by atoms with E-state index in [9.17, 15) is 4.79 Å². The molecule has 2 N–H and O–H groups in total. The van der Waals surface area contributed by atoms with Crippen LogP contribution in [0.2, 0.25) is 0 Å². The fourth-order valence-corrected chi connectivity index (χ4v) is 2.70. The highest BCUT2D eigenvalue weighted by Crippen LogP contribution is 2.21. The van der Waals surface area contributed by atoms with Gasteiger partial charge in [-0.1, -0.05) is 0 Å². The highest BCUT2D eigenvalue weighted by Gasteiger charge is 2.32. The van der Waals surface area contributed by atoms with Crippen LogP contribution in [0, 0.1) is 0 Å². The fraction of sp³-hybridized carbons (Fsp3) is 0.933. The molecule has 0 aromatic heterocycles. The minimum Gasteiger partial charge on any atom is -0.444 e. The van der Waals surface area contributed by atoms with Crippen molar-refractivity contribution in [1.82, 2.24) is 9.80 Å². The van der Waals surface area contributed by atoms with E-state index in [0.717, 1.165) is 32.5 Å². The molecule has 1 rings (SSSR count). The van der Waals surface area contributed by atoms with Crippen LogP contribution in [0.25, 0.3) is 0 Å². The van der Waals surface area contributed by atoms with Crippen molar-refractivity contribution < 1.29 is 9.53 Å². The normalized spacial score (nSPS) is 18.4. The minimum absolute atomic E-state index is 0.163. The summed E-state index contributed by atoms with van der Waals surface area (Å²) in [5, 5.41) is 0. The molecule has 0 aromatic rings. The van der Waals surface area contributed by atoms with E-state index >= 15 is 0 Å². The Balaban J connectivity index is 2.62. The molecule has 5 nitrogen and oxygen atoms in total. The second-order valence-electron chi connectivity index (χ2n) is 6.84. The number of piperidine rings is 1. The van der Waals surface area contributed by atoms with Crippen LogP contribution in [0.15, 0.2) is 0 Å². The van der Waals surface area contributed by atoms with Crippen LogP contribution < -0.4 is 5.73 Å². The molecule has 118 valence electrons. The van der Waals surface area contributed by atoms with Gasteiger partial charge in [-0.25, -0.2) is 4.79 Å². The van der Waals surface area contributed by atoms with E-state index in [0.29, 0.717) is 6.54 Å². The summed E-state index contributed by atoms with van der Waals surface area (Å²) in [5.74, 6) is 0. The van der Waals surface area contributed by atoms with Crippen molar-refractivity contribution >= 4 is 6.09 Å². The van der Waals surface area contributed by atoms with Gasteiger partial charge in [-0.15, -0.1) is 0 Å². The standard InChI is InChI=1S/C15H31N3O2/c1-12(2)18(14(19)20-15(3,4)5)13-6-9-17(10-7-13)11-8-16/h12-13H,6-11,16H2,1-5H3. The van der Waals surface area contributed by atoms with Gasteiger partial charge in [0.15, 0.2) is 0 Å². The van der Waals surface area contributed by atoms with Crippen LogP contribution >= 0.6 is 0 Å². The van der Waals surface area contributed by atoms with Crippen LogP contribution in [0.4, 0.5) is 4.79 Å². The molecular formula is C15H31N3O2. The molecule has 0 atom stereocenters. The zero-order valence-electron chi connectivity index (χ0n) is 13.7. The third-order valence-corrected chi connectivity index (χ3v) is 3.56. The Hall–Kier alpha value is -0.810. The number of nitrogens with two attached hydrogens (primary N) is 1. The van der Waals surface area contributed by atoms with Crippen molar-refractivity contribution in [1.29, 1.82) is 0 Å². The SMILES string of the molecule is CC(C)N(C(=O)OC(C)(C)C)C1CCN(CCN)CC1. The molecule has 1 aliphatic heterocycles. The molecule has 0 aliphatic carbocycles. The second-order valence-corrected chi connectivity index (χ2v) is 6.84. The average molecular weight is 285 g/mol. The molecule has 20 heavy (non-hydrogen) atoms. The molecule has 0 bridgehead atoms. The summed E-state index contributed by atoms with van der Waals surface area (Å²) in [7, 11) is 0. The van der Waals surface area contributed by atoms with E-state index in [-0.39, 0.29) is 18.2 Å². The number of carbonyl (C=O) groups excluding carboxylic acids is 1. The van der Waals surface area contributed by atoms with Gasteiger partial charge in [-0.3, -0.25) is 0 Å². The predicted octanol–water partition coefficient (Wildman–Crippen LogP) is 2.05. The number of likely N-dealkylation sites (tertiary alicyclic amines) is 1. The lowest BCUT2D eigenvalue weighted by molar-refractivity contribution is -0.0000227. The van der Waals surface area contributed by atoms with Gasteiger partial charge in [0.2, 0.25) is 0 Å². The smallest absolute Gasteiger partial charge is 0.410 e. The lowest BCUT2D eigenvalue weighted by atomic mass is 10.0. The zero-order chi connectivity index (χ0) is 15.3. The highest BCUT2D eigenvalue weighted by molar-refractivity contribution is 5.69. The maximum atomic E-state index is 12.4. The number of ether oxygens (including phenoxy) is 1. The van der Waals surface area contributed by atoms with Crippen LogP contribution in [0.3, 0.4) is 0 Å². The first kappa shape index (κ1) is 17.2. The Morgan fingerprint density at radius 3 is 2.30 bits per heavy atom. The van der Waals surface area contributed by atoms with Crippen molar-refractivity contribution in [2.24, 2.45) is 5.73 Å². The van der Waals surface area contributed by atoms with Crippen molar-refractivity contribution in [2.45, 2.75) is 65.1 Å². The summed E-state index contributed by atoms with van der Waals surface area (Å²) in [6, 6.07) is 0.440. The maximum absolute atomic E-state index is 12.4. The van der Waals surface area contributed by atoms with Gasteiger partial charge in [0, 0.05) is 38.3 Å². The summed E-state index contributed by atoms with van der Waals surface area (Å²) >= 11 is 0. The molecule has 1 aliphatic rings. The molecule has 1 saturated heterocycles. The van der Waals surface area contributed by atoms with Gasteiger partial charge < -0.3 is 20.3 Å². The van der Waals surface area contributed by atoms with Crippen LogP contribution in [0.1, 0.15) is 47.5 Å². The Morgan fingerprint density at radius 1 is 1.35 bits per heavy atom. The molecule has 0 unspecified atom stereocenters. The Labute approximate surface area is 123 Å².